The fourth-order valence-corrected chi connectivity index (χ4v) is 4.42. The van der Waals surface area contributed by atoms with Crippen molar-refractivity contribution in [3.05, 3.63) is 32.8 Å². The topological polar surface area (TPSA) is 58.4 Å². The van der Waals surface area contributed by atoms with Crippen LogP contribution in [-0.4, -0.2) is 29.6 Å². The zero-order valence-electron chi connectivity index (χ0n) is 12.1. The second-order valence-corrected chi connectivity index (χ2v) is 6.77. The van der Waals surface area contributed by atoms with Crippen LogP contribution in [0.1, 0.15) is 32.6 Å². The Morgan fingerprint density at radius 2 is 2.05 bits per heavy atom. The molecule has 0 spiro atoms. The minimum atomic E-state index is -0.347. The van der Waals surface area contributed by atoms with Crippen LogP contribution in [0.15, 0.2) is 22.7 Å². The van der Waals surface area contributed by atoms with Crippen LogP contribution in [0.4, 0.5) is 11.4 Å². The van der Waals surface area contributed by atoms with Gasteiger partial charge in [-0.25, -0.2) is 0 Å². The third-order valence-electron chi connectivity index (χ3n) is 4.65. The Labute approximate surface area is 133 Å². The molecule has 21 heavy (non-hydrogen) atoms. The van der Waals surface area contributed by atoms with E-state index in [9.17, 15) is 10.1 Å². The summed E-state index contributed by atoms with van der Waals surface area (Å²) in [6, 6.07) is 6.82. The molecule has 2 atom stereocenters. The second kappa shape index (κ2) is 5.93. The van der Waals surface area contributed by atoms with Gasteiger partial charge in [-0.3, -0.25) is 10.1 Å². The molecular weight excluding hydrogens is 334 g/mol. The Hall–Kier alpha value is -1.14. The number of fused-ring (bicyclic) bond motifs is 2. The first-order chi connectivity index (χ1) is 10.1. The molecular formula is C15H20BrN3O2. The molecule has 0 aromatic heterocycles. The van der Waals surface area contributed by atoms with Gasteiger partial charge in [0.05, 0.1) is 10.6 Å². The predicted molar refractivity (Wildman–Crippen MR) is 86.8 cm³/mol. The first-order valence-corrected chi connectivity index (χ1v) is 8.35. The smallest absolute Gasteiger partial charge is 0.270 e. The van der Waals surface area contributed by atoms with Crippen molar-refractivity contribution in [1.29, 1.82) is 0 Å². The van der Waals surface area contributed by atoms with Gasteiger partial charge in [0.1, 0.15) is 0 Å². The number of anilines is 1. The molecule has 3 rings (SSSR count). The molecule has 2 aliphatic rings. The maximum absolute atomic E-state index is 10.9. The first-order valence-electron chi connectivity index (χ1n) is 7.55. The highest BCUT2D eigenvalue weighted by atomic mass is 79.9. The lowest BCUT2D eigenvalue weighted by atomic mass is 9.96. The number of nitrogens with zero attached hydrogens (tertiary/aromatic N) is 2. The van der Waals surface area contributed by atoms with Gasteiger partial charge in [0.15, 0.2) is 0 Å². The largest absolute Gasteiger partial charge is 0.365 e. The Bertz CT molecular complexity index is 538. The molecule has 5 nitrogen and oxygen atoms in total. The number of halogens is 1. The Morgan fingerprint density at radius 1 is 1.38 bits per heavy atom. The average molecular weight is 354 g/mol. The van der Waals surface area contributed by atoms with Gasteiger partial charge in [0.25, 0.3) is 5.69 Å². The number of nitro benzene ring substituents is 1. The van der Waals surface area contributed by atoms with E-state index in [1.807, 2.05) is 6.07 Å². The number of nitro groups is 1. The molecule has 6 heteroatoms. The molecule has 0 saturated carbocycles. The zero-order chi connectivity index (χ0) is 15.0. The number of nitrogens with one attached hydrogen (secondary N) is 1. The van der Waals surface area contributed by atoms with Crippen molar-refractivity contribution in [3.63, 3.8) is 0 Å². The van der Waals surface area contributed by atoms with E-state index in [4.69, 9.17) is 0 Å². The van der Waals surface area contributed by atoms with Gasteiger partial charge in [-0.15, -0.1) is 0 Å². The molecule has 2 bridgehead atoms. The molecule has 2 saturated heterocycles. The molecule has 2 aliphatic heterocycles. The van der Waals surface area contributed by atoms with Crippen molar-refractivity contribution < 1.29 is 4.92 Å². The zero-order valence-corrected chi connectivity index (χ0v) is 13.7. The summed E-state index contributed by atoms with van der Waals surface area (Å²) in [7, 11) is 0. The van der Waals surface area contributed by atoms with Gasteiger partial charge in [0.2, 0.25) is 0 Å². The van der Waals surface area contributed by atoms with Crippen LogP contribution in [0.3, 0.4) is 0 Å². The Balaban J connectivity index is 1.84. The molecule has 1 aromatic rings. The normalized spacial score (nSPS) is 27.9. The highest BCUT2D eigenvalue weighted by Crippen LogP contribution is 2.42. The van der Waals surface area contributed by atoms with Crippen molar-refractivity contribution in [2.75, 3.05) is 11.4 Å². The minimum Gasteiger partial charge on any atom is -0.365 e. The third-order valence-corrected chi connectivity index (χ3v) is 5.28. The lowest BCUT2D eigenvalue weighted by Gasteiger charge is -2.41. The molecule has 114 valence electrons. The van der Waals surface area contributed by atoms with Crippen molar-refractivity contribution in [1.82, 2.24) is 5.32 Å². The number of hydrogen-bond acceptors (Lipinski definition) is 4. The summed E-state index contributed by atoms with van der Waals surface area (Å²) in [6.07, 6.45) is 4.76. The van der Waals surface area contributed by atoms with Crippen LogP contribution in [0.2, 0.25) is 0 Å². The van der Waals surface area contributed by atoms with Crippen LogP contribution < -0.4 is 10.2 Å². The number of non-ortho nitro benzene ring substituents is 1. The number of benzene rings is 1. The quantitative estimate of drug-likeness (QED) is 0.665. The van der Waals surface area contributed by atoms with Crippen LogP contribution in [-0.2, 0) is 0 Å². The van der Waals surface area contributed by atoms with Crippen LogP contribution >= 0.6 is 15.9 Å². The number of rotatable bonds is 4. The number of hydrogen-bond donors (Lipinski definition) is 1. The van der Waals surface area contributed by atoms with Crippen LogP contribution in [0.25, 0.3) is 0 Å². The van der Waals surface area contributed by atoms with E-state index in [2.05, 4.69) is 33.1 Å². The summed E-state index contributed by atoms with van der Waals surface area (Å²) in [4.78, 5) is 13.0. The standard InChI is InChI=1S/C15H20BrN3O2/c1-2-17-10-7-11-3-4-12(8-10)18(11)15-6-5-13(19(20)21)9-14(15)16/h5-6,9-12,17H,2-4,7-8H2,1H3. The van der Waals surface area contributed by atoms with E-state index in [1.165, 1.54) is 12.8 Å². The van der Waals surface area contributed by atoms with E-state index in [0.29, 0.717) is 18.1 Å². The fraction of sp³-hybridized carbons (Fsp3) is 0.600. The van der Waals surface area contributed by atoms with Crippen molar-refractivity contribution >= 4 is 27.3 Å². The summed E-state index contributed by atoms with van der Waals surface area (Å²) in [5, 5.41) is 14.4. The summed E-state index contributed by atoms with van der Waals surface area (Å²) in [5.74, 6) is 0. The first kappa shape index (κ1) is 14.8. The van der Waals surface area contributed by atoms with Gasteiger partial charge in [-0.05, 0) is 54.2 Å². The predicted octanol–water partition coefficient (Wildman–Crippen LogP) is 3.47. The third kappa shape index (κ3) is 2.79. The maximum Gasteiger partial charge on any atom is 0.270 e. The summed E-state index contributed by atoms with van der Waals surface area (Å²) < 4.78 is 0.829. The SMILES string of the molecule is CCNC1CC2CCC(C1)N2c1ccc([N+](=O)[O-])cc1Br. The lowest BCUT2D eigenvalue weighted by Crippen LogP contribution is -2.49. The van der Waals surface area contributed by atoms with E-state index >= 15 is 0 Å². The van der Waals surface area contributed by atoms with Crippen molar-refractivity contribution in [2.45, 2.75) is 50.7 Å². The molecule has 1 aromatic carbocycles. The Morgan fingerprint density at radius 3 is 2.57 bits per heavy atom. The van der Waals surface area contributed by atoms with Crippen LogP contribution in [0, 0.1) is 10.1 Å². The number of piperidine rings is 1. The fourth-order valence-electron chi connectivity index (χ4n) is 3.84. The van der Waals surface area contributed by atoms with Gasteiger partial charge in [-0.2, -0.15) is 0 Å². The summed E-state index contributed by atoms with van der Waals surface area (Å²) >= 11 is 3.52. The molecule has 1 N–H and O–H groups in total. The molecule has 2 heterocycles. The highest BCUT2D eigenvalue weighted by Gasteiger charge is 2.41. The van der Waals surface area contributed by atoms with E-state index < -0.39 is 0 Å². The van der Waals surface area contributed by atoms with E-state index in [0.717, 1.165) is 29.5 Å². The van der Waals surface area contributed by atoms with Gasteiger partial charge < -0.3 is 10.2 Å². The Kier molecular flexibility index (Phi) is 4.17. The summed E-state index contributed by atoms with van der Waals surface area (Å²) in [5.41, 5.74) is 1.24. The highest BCUT2D eigenvalue weighted by molar-refractivity contribution is 9.10. The van der Waals surface area contributed by atoms with Crippen molar-refractivity contribution in [3.8, 4) is 0 Å². The van der Waals surface area contributed by atoms with E-state index in [-0.39, 0.29) is 10.6 Å². The molecule has 0 aliphatic carbocycles. The van der Waals surface area contributed by atoms with Gasteiger partial charge in [0, 0.05) is 34.7 Å². The van der Waals surface area contributed by atoms with Gasteiger partial charge >= 0.3 is 0 Å². The van der Waals surface area contributed by atoms with Gasteiger partial charge in [-0.1, -0.05) is 6.92 Å². The van der Waals surface area contributed by atoms with Crippen LogP contribution in [0.5, 0.6) is 0 Å². The molecule has 2 fully saturated rings. The maximum atomic E-state index is 10.9. The van der Waals surface area contributed by atoms with E-state index in [1.54, 1.807) is 12.1 Å². The second-order valence-electron chi connectivity index (χ2n) is 5.91. The summed E-state index contributed by atoms with van der Waals surface area (Å²) in [6.45, 7) is 3.17. The molecule has 0 amide bonds. The lowest BCUT2D eigenvalue weighted by molar-refractivity contribution is -0.384. The minimum absolute atomic E-state index is 0.139. The molecule has 2 unspecified atom stereocenters. The average Bonchev–Trinajstić information content (AvgIpc) is 2.70. The van der Waals surface area contributed by atoms with Crippen molar-refractivity contribution in [2.24, 2.45) is 0 Å². The molecule has 0 radical (unpaired) electrons. The monoisotopic (exact) mass is 353 g/mol.